The highest BCUT2D eigenvalue weighted by Crippen LogP contribution is 2.44. The minimum absolute atomic E-state index is 0.128. The molecule has 1 amide bonds. The molecule has 4 rings (SSSR count). The fourth-order valence-corrected chi connectivity index (χ4v) is 6.95. The maximum Gasteiger partial charge on any atom is 0.257 e. The molecule has 0 saturated carbocycles. The van der Waals surface area contributed by atoms with Gasteiger partial charge in [0.15, 0.2) is 5.13 Å². The van der Waals surface area contributed by atoms with Crippen LogP contribution < -0.4 is 5.32 Å². The molecule has 2 aromatic carbocycles. The zero-order valence-corrected chi connectivity index (χ0v) is 20.3. The quantitative estimate of drug-likeness (QED) is 0.399. The van der Waals surface area contributed by atoms with Crippen molar-refractivity contribution in [3.8, 4) is 11.3 Å². The monoisotopic (exact) mass is 497 g/mol. The first kappa shape index (κ1) is 23.4. The second-order valence-electron chi connectivity index (χ2n) is 7.28. The molecule has 1 aliphatic rings. The summed E-state index contributed by atoms with van der Waals surface area (Å²) in [5.74, 6) is 0.486. The van der Waals surface area contributed by atoms with Crippen LogP contribution in [0.5, 0.6) is 0 Å². The number of hydrogen-bond acceptors (Lipinski definition) is 6. The molecule has 0 aliphatic carbocycles. The average Bonchev–Trinajstić information content (AvgIpc) is 3.24. The number of thioether (sulfide) groups is 1. The lowest BCUT2D eigenvalue weighted by Crippen LogP contribution is -2.32. The van der Waals surface area contributed by atoms with E-state index in [0.29, 0.717) is 23.7 Å². The van der Waals surface area contributed by atoms with Crippen LogP contribution in [0.2, 0.25) is 0 Å². The van der Waals surface area contributed by atoms with Crippen LogP contribution in [0.15, 0.2) is 83.6 Å². The first-order valence-electron chi connectivity index (χ1n) is 10.3. The molecule has 1 aromatic heterocycles. The molecule has 2 heterocycles. The van der Waals surface area contributed by atoms with Gasteiger partial charge in [0, 0.05) is 39.7 Å². The van der Waals surface area contributed by atoms with E-state index < -0.39 is 10.0 Å². The van der Waals surface area contributed by atoms with Crippen molar-refractivity contribution in [2.45, 2.75) is 22.0 Å². The highest BCUT2D eigenvalue weighted by molar-refractivity contribution is 7.98. The van der Waals surface area contributed by atoms with Crippen LogP contribution in [0.4, 0.5) is 5.13 Å². The number of anilines is 1. The fourth-order valence-electron chi connectivity index (χ4n) is 3.43. The Hall–Kier alpha value is -2.72. The van der Waals surface area contributed by atoms with Crippen LogP contribution in [-0.2, 0) is 15.8 Å². The number of aromatic nitrogens is 1. The summed E-state index contributed by atoms with van der Waals surface area (Å²) in [6.45, 7) is 7.81. The number of sulfonamides is 1. The van der Waals surface area contributed by atoms with E-state index in [4.69, 9.17) is 0 Å². The summed E-state index contributed by atoms with van der Waals surface area (Å²) >= 11 is 3.22. The molecule has 9 heteroatoms. The van der Waals surface area contributed by atoms with Crippen molar-refractivity contribution in [1.82, 2.24) is 9.29 Å². The Balaban J connectivity index is 1.50. The molecule has 170 valence electrons. The third-order valence-corrected chi connectivity index (χ3v) is 9.22. The van der Waals surface area contributed by atoms with Gasteiger partial charge in [0.25, 0.3) is 5.91 Å². The second-order valence-corrected chi connectivity index (χ2v) is 11.3. The standard InChI is InChI=1S/C24H23N3O3S3/c1-3-5-15-27(14-4-2)33(29,30)18-12-10-17(11-13-18)23(28)26-24-25-22-19-8-6-7-9-20(19)31-16-21(22)32-24/h3-4,6-13H,1-2,5,14-16H2,(H,25,26,28). The molecular formula is C24H23N3O3S3. The van der Waals surface area contributed by atoms with Gasteiger partial charge in [-0.05, 0) is 36.8 Å². The van der Waals surface area contributed by atoms with Crippen molar-refractivity contribution >= 4 is 44.2 Å². The molecule has 0 spiro atoms. The normalized spacial score (nSPS) is 12.6. The van der Waals surface area contributed by atoms with Crippen LogP contribution >= 0.6 is 23.1 Å². The number of nitrogens with one attached hydrogen (secondary N) is 1. The lowest BCUT2D eigenvalue weighted by molar-refractivity contribution is 0.102. The van der Waals surface area contributed by atoms with E-state index in [1.807, 2.05) is 18.2 Å². The molecule has 0 unspecified atom stereocenters. The van der Waals surface area contributed by atoms with E-state index in [1.165, 1.54) is 44.8 Å². The van der Waals surface area contributed by atoms with E-state index in [9.17, 15) is 13.2 Å². The van der Waals surface area contributed by atoms with Crippen LogP contribution in [0.3, 0.4) is 0 Å². The number of benzene rings is 2. The Kier molecular flexibility index (Phi) is 7.14. The van der Waals surface area contributed by atoms with Crippen molar-refractivity contribution in [3.63, 3.8) is 0 Å². The molecule has 33 heavy (non-hydrogen) atoms. The summed E-state index contributed by atoms with van der Waals surface area (Å²) in [6.07, 6.45) is 3.76. The second kappa shape index (κ2) is 10.0. The predicted octanol–water partition coefficient (Wildman–Crippen LogP) is 5.42. The minimum Gasteiger partial charge on any atom is -0.298 e. The minimum atomic E-state index is -3.70. The Bertz CT molecular complexity index is 1300. The molecular weight excluding hydrogens is 474 g/mol. The summed E-state index contributed by atoms with van der Waals surface area (Å²) in [6, 6.07) is 14.0. The van der Waals surface area contributed by atoms with Gasteiger partial charge in [0.2, 0.25) is 10.0 Å². The van der Waals surface area contributed by atoms with Gasteiger partial charge < -0.3 is 0 Å². The fraction of sp³-hybridized carbons (Fsp3) is 0.167. The summed E-state index contributed by atoms with van der Waals surface area (Å²) < 4.78 is 27.2. The van der Waals surface area contributed by atoms with E-state index in [2.05, 4.69) is 29.5 Å². The highest BCUT2D eigenvalue weighted by Gasteiger charge is 2.24. The third-order valence-electron chi connectivity index (χ3n) is 5.09. The van der Waals surface area contributed by atoms with E-state index in [-0.39, 0.29) is 17.3 Å². The number of fused-ring (bicyclic) bond motifs is 3. The van der Waals surface area contributed by atoms with Crippen molar-refractivity contribution in [2.75, 3.05) is 18.4 Å². The van der Waals surface area contributed by atoms with Crippen molar-refractivity contribution in [3.05, 3.63) is 84.3 Å². The zero-order valence-electron chi connectivity index (χ0n) is 17.9. The van der Waals surface area contributed by atoms with Crippen molar-refractivity contribution < 1.29 is 13.2 Å². The summed E-state index contributed by atoms with van der Waals surface area (Å²) in [7, 11) is -3.70. The van der Waals surface area contributed by atoms with Gasteiger partial charge >= 0.3 is 0 Å². The van der Waals surface area contributed by atoms with E-state index in [1.54, 1.807) is 23.9 Å². The lowest BCUT2D eigenvalue weighted by Gasteiger charge is -2.20. The average molecular weight is 498 g/mol. The molecule has 1 N–H and O–H groups in total. The lowest BCUT2D eigenvalue weighted by atomic mass is 10.1. The van der Waals surface area contributed by atoms with Gasteiger partial charge in [-0.3, -0.25) is 10.1 Å². The molecule has 6 nitrogen and oxygen atoms in total. The predicted molar refractivity (Wildman–Crippen MR) is 135 cm³/mol. The molecule has 0 bridgehead atoms. The van der Waals surface area contributed by atoms with Gasteiger partial charge in [-0.25, -0.2) is 13.4 Å². The third kappa shape index (κ3) is 4.96. The van der Waals surface area contributed by atoms with Crippen LogP contribution in [-0.4, -0.2) is 36.7 Å². The van der Waals surface area contributed by atoms with Crippen LogP contribution in [0.25, 0.3) is 11.3 Å². The SMILES string of the molecule is C=CCCN(CC=C)S(=O)(=O)c1ccc(C(=O)Nc2nc3c(s2)CSc2ccccc2-3)cc1. The molecule has 0 fully saturated rings. The maximum atomic E-state index is 12.9. The molecule has 0 radical (unpaired) electrons. The Morgan fingerprint density at radius 3 is 2.61 bits per heavy atom. The van der Waals surface area contributed by atoms with E-state index >= 15 is 0 Å². The Morgan fingerprint density at radius 2 is 1.88 bits per heavy atom. The number of hydrogen-bond donors (Lipinski definition) is 1. The largest absolute Gasteiger partial charge is 0.298 e. The van der Waals surface area contributed by atoms with E-state index in [0.717, 1.165) is 21.9 Å². The zero-order chi connectivity index (χ0) is 23.4. The van der Waals surface area contributed by atoms with Gasteiger partial charge in [0.1, 0.15) is 0 Å². The molecule has 1 aliphatic heterocycles. The van der Waals surface area contributed by atoms with Gasteiger partial charge in [-0.2, -0.15) is 4.31 Å². The van der Waals surface area contributed by atoms with Gasteiger partial charge in [-0.1, -0.05) is 30.4 Å². The van der Waals surface area contributed by atoms with Crippen molar-refractivity contribution in [1.29, 1.82) is 0 Å². The Labute approximate surface area is 202 Å². The number of rotatable bonds is 9. The van der Waals surface area contributed by atoms with Gasteiger partial charge in [0.05, 0.1) is 10.6 Å². The van der Waals surface area contributed by atoms with Crippen LogP contribution in [0, 0.1) is 0 Å². The summed E-state index contributed by atoms with van der Waals surface area (Å²) in [5, 5.41) is 3.38. The number of amides is 1. The smallest absolute Gasteiger partial charge is 0.257 e. The number of carbonyl (C=O) groups excluding carboxylic acids is 1. The first-order chi connectivity index (χ1) is 15.9. The van der Waals surface area contributed by atoms with Crippen LogP contribution in [0.1, 0.15) is 21.7 Å². The van der Waals surface area contributed by atoms with Gasteiger partial charge in [-0.15, -0.1) is 36.3 Å². The Morgan fingerprint density at radius 1 is 1.12 bits per heavy atom. The summed E-state index contributed by atoms with van der Waals surface area (Å²) in [4.78, 5) is 19.9. The highest BCUT2D eigenvalue weighted by atomic mass is 32.2. The summed E-state index contributed by atoms with van der Waals surface area (Å²) in [5.41, 5.74) is 2.35. The maximum absolute atomic E-state index is 12.9. The number of carbonyl (C=O) groups is 1. The van der Waals surface area contributed by atoms with Crippen molar-refractivity contribution in [2.24, 2.45) is 0 Å². The molecule has 0 atom stereocenters. The molecule has 0 saturated heterocycles. The number of thiazole rings is 1. The number of nitrogens with zero attached hydrogens (tertiary/aromatic N) is 2. The first-order valence-corrected chi connectivity index (χ1v) is 13.5. The topological polar surface area (TPSA) is 79.4 Å². The molecule has 3 aromatic rings.